The number of amides is 1. The van der Waals surface area contributed by atoms with Crippen LogP contribution in [0.25, 0.3) is 10.6 Å². The van der Waals surface area contributed by atoms with Crippen LogP contribution in [0, 0.1) is 0 Å². The Morgan fingerprint density at radius 1 is 1.27 bits per heavy atom. The Morgan fingerprint density at radius 3 is 3.00 bits per heavy atom. The predicted octanol–water partition coefficient (Wildman–Crippen LogP) is 2.86. The number of carbonyl (C=O) groups excluding carboxylic acids is 1. The van der Waals surface area contributed by atoms with Crippen LogP contribution < -0.4 is 16.0 Å². The number of thiazole rings is 1. The summed E-state index contributed by atoms with van der Waals surface area (Å²) in [5.74, 6) is 0.742. The van der Waals surface area contributed by atoms with Crippen molar-refractivity contribution in [1.29, 1.82) is 0 Å². The van der Waals surface area contributed by atoms with Crippen LogP contribution in [0.5, 0.6) is 0 Å². The highest BCUT2D eigenvalue weighted by Gasteiger charge is 2.15. The summed E-state index contributed by atoms with van der Waals surface area (Å²) in [4.78, 5) is 32.4. The lowest BCUT2D eigenvalue weighted by molar-refractivity contribution is 0.103. The van der Waals surface area contributed by atoms with Crippen LogP contribution in [0.1, 0.15) is 9.67 Å². The monoisotopic (exact) mass is 383 g/mol. The SMILES string of the molecule is Nc1nccc(-c2ccc(C(=O)Nc3nc(N4C=CC=NC4)cs3)s2)n1. The van der Waals surface area contributed by atoms with E-state index in [1.807, 2.05) is 28.6 Å². The Labute approximate surface area is 156 Å². The second-order valence-corrected chi connectivity index (χ2v) is 7.16. The first-order valence-corrected chi connectivity index (χ1v) is 9.27. The molecule has 0 unspecified atom stereocenters. The van der Waals surface area contributed by atoms with E-state index in [0.717, 1.165) is 10.7 Å². The Bertz CT molecular complexity index is 1010. The molecule has 3 aromatic rings. The topological polar surface area (TPSA) is 109 Å². The predicted molar refractivity (Wildman–Crippen MR) is 105 cm³/mol. The first-order valence-electron chi connectivity index (χ1n) is 7.58. The maximum absolute atomic E-state index is 12.5. The lowest BCUT2D eigenvalue weighted by Crippen LogP contribution is -2.18. The van der Waals surface area contributed by atoms with E-state index in [-0.39, 0.29) is 11.9 Å². The van der Waals surface area contributed by atoms with Crippen molar-refractivity contribution in [2.24, 2.45) is 4.99 Å². The second kappa shape index (κ2) is 7.02. The van der Waals surface area contributed by atoms with Crippen molar-refractivity contribution >= 4 is 51.7 Å². The highest BCUT2D eigenvalue weighted by Crippen LogP contribution is 2.28. The summed E-state index contributed by atoms with van der Waals surface area (Å²) in [6.07, 6.45) is 7.07. The summed E-state index contributed by atoms with van der Waals surface area (Å²) in [6.45, 7) is 0.518. The van der Waals surface area contributed by atoms with Crippen LogP contribution in [0.3, 0.4) is 0 Å². The number of hydrogen-bond donors (Lipinski definition) is 2. The quantitative estimate of drug-likeness (QED) is 0.717. The molecule has 130 valence electrons. The van der Waals surface area contributed by atoms with Crippen LogP contribution in [-0.2, 0) is 0 Å². The van der Waals surface area contributed by atoms with E-state index in [1.165, 1.54) is 22.7 Å². The third-order valence-corrected chi connectivity index (χ3v) is 5.31. The van der Waals surface area contributed by atoms with Crippen LogP contribution >= 0.6 is 22.7 Å². The number of nitrogens with two attached hydrogens (primary N) is 1. The number of anilines is 3. The molecule has 4 rings (SSSR count). The molecule has 3 N–H and O–H groups in total. The van der Waals surface area contributed by atoms with E-state index in [4.69, 9.17) is 5.73 Å². The van der Waals surface area contributed by atoms with E-state index in [9.17, 15) is 4.79 Å². The molecule has 1 aliphatic heterocycles. The molecule has 4 heterocycles. The Hall–Kier alpha value is -3.11. The molecule has 0 saturated heterocycles. The van der Waals surface area contributed by atoms with Crippen molar-refractivity contribution in [3.63, 3.8) is 0 Å². The van der Waals surface area contributed by atoms with Gasteiger partial charge in [0.1, 0.15) is 12.5 Å². The van der Waals surface area contributed by atoms with Gasteiger partial charge in [0, 0.05) is 24.0 Å². The fourth-order valence-corrected chi connectivity index (χ4v) is 3.83. The van der Waals surface area contributed by atoms with E-state index in [2.05, 4.69) is 25.3 Å². The van der Waals surface area contributed by atoms with Crippen LogP contribution in [0.2, 0.25) is 0 Å². The maximum atomic E-state index is 12.5. The fourth-order valence-electron chi connectivity index (χ4n) is 2.26. The number of nitrogens with one attached hydrogen (secondary N) is 1. The first-order chi connectivity index (χ1) is 12.7. The minimum absolute atomic E-state index is 0.202. The standard InChI is InChI=1S/C16H13N7OS2/c17-15-19-6-4-10(20-15)11-2-3-12(26-11)14(24)22-16-21-13(8-25-16)23-7-1-5-18-9-23/h1-8H,9H2,(H2,17,19,20)(H,21,22,24). The van der Waals surface area contributed by atoms with Crippen molar-refractivity contribution in [2.45, 2.75) is 0 Å². The normalized spacial score (nSPS) is 13.2. The van der Waals surface area contributed by atoms with Gasteiger partial charge in [-0.2, -0.15) is 0 Å². The van der Waals surface area contributed by atoms with Gasteiger partial charge < -0.3 is 10.6 Å². The maximum Gasteiger partial charge on any atom is 0.267 e. The number of aromatic nitrogens is 3. The van der Waals surface area contributed by atoms with E-state index in [1.54, 1.807) is 24.5 Å². The second-order valence-electron chi connectivity index (χ2n) is 5.21. The van der Waals surface area contributed by atoms with Gasteiger partial charge >= 0.3 is 0 Å². The average Bonchev–Trinajstić information content (AvgIpc) is 3.32. The summed E-state index contributed by atoms with van der Waals surface area (Å²) >= 11 is 2.70. The molecule has 0 fully saturated rings. The Morgan fingerprint density at radius 2 is 2.19 bits per heavy atom. The molecule has 1 amide bonds. The van der Waals surface area contributed by atoms with Crippen molar-refractivity contribution in [1.82, 2.24) is 15.0 Å². The van der Waals surface area contributed by atoms with Gasteiger partial charge in [-0.15, -0.1) is 22.7 Å². The van der Waals surface area contributed by atoms with Gasteiger partial charge in [-0.3, -0.25) is 15.1 Å². The minimum atomic E-state index is -0.212. The number of rotatable bonds is 4. The summed E-state index contributed by atoms with van der Waals surface area (Å²) in [7, 11) is 0. The zero-order chi connectivity index (χ0) is 17.9. The van der Waals surface area contributed by atoms with Gasteiger partial charge in [-0.05, 0) is 24.3 Å². The highest BCUT2D eigenvalue weighted by atomic mass is 32.1. The van der Waals surface area contributed by atoms with Crippen LogP contribution in [-0.4, -0.2) is 33.7 Å². The van der Waals surface area contributed by atoms with Gasteiger partial charge in [-0.1, -0.05) is 0 Å². The van der Waals surface area contributed by atoms with E-state index >= 15 is 0 Å². The molecule has 0 radical (unpaired) electrons. The smallest absolute Gasteiger partial charge is 0.267 e. The molecule has 26 heavy (non-hydrogen) atoms. The van der Waals surface area contributed by atoms with Crippen molar-refractivity contribution in [3.8, 4) is 10.6 Å². The first kappa shape index (κ1) is 16.4. The lowest BCUT2D eigenvalue weighted by Gasteiger charge is -2.16. The summed E-state index contributed by atoms with van der Waals surface area (Å²) < 4.78 is 0. The molecule has 10 heteroatoms. The lowest BCUT2D eigenvalue weighted by atomic mass is 10.3. The zero-order valence-electron chi connectivity index (χ0n) is 13.4. The molecule has 8 nitrogen and oxygen atoms in total. The van der Waals surface area contributed by atoms with Crippen LogP contribution in [0.4, 0.5) is 16.9 Å². The third kappa shape index (κ3) is 3.46. The van der Waals surface area contributed by atoms with Gasteiger partial charge in [-0.25, -0.2) is 15.0 Å². The number of nitrogen functional groups attached to an aromatic ring is 1. The van der Waals surface area contributed by atoms with E-state index in [0.29, 0.717) is 22.4 Å². The molecule has 0 saturated carbocycles. The molecule has 3 aromatic heterocycles. The van der Waals surface area contributed by atoms with Crippen molar-refractivity contribution < 1.29 is 4.79 Å². The molecule has 0 bridgehead atoms. The molecule has 0 aromatic carbocycles. The number of thiophene rings is 1. The number of aliphatic imine (C=N–C) groups is 1. The molecular formula is C16H13N7OS2. The van der Waals surface area contributed by atoms with Gasteiger partial charge in [0.15, 0.2) is 5.13 Å². The summed E-state index contributed by atoms with van der Waals surface area (Å²) in [6, 6.07) is 5.35. The van der Waals surface area contributed by atoms with Gasteiger partial charge in [0.05, 0.1) is 15.4 Å². The van der Waals surface area contributed by atoms with Gasteiger partial charge in [0.2, 0.25) is 5.95 Å². The highest BCUT2D eigenvalue weighted by molar-refractivity contribution is 7.17. The minimum Gasteiger partial charge on any atom is -0.368 e. The van der Waals surface area contributed by atoms with Crippen LogP contribution in [0.15, 0.2) is 47.0 Å². The Balaban J connectivity index is 1.46. The van der Waals surface area contributed by atoms with Gasteiger partial charge in [0.25, 0.3) is 5.91 Å². The number of hydrogen-bond acceptors (Lipinski definition) is 9. The number of allylic oxidation sites excluding steroid dienone is 1. The average molecular weight is 383 g/mol. The van der Waals surface area contributed by atoms with Crippen molar-refractivity contribution in [3.05, 3.63) is 46.9 Å². The molecule has 1 aliphatic rings. The zero-order valence-corrected chi connectivity index (χ0v) is 15.0. The number of carbonyl (C=O) groups is 1. The van der Waals surface area contributed by atoms with Crippen molar-refractivity contribution in [2.75, 3.05) is 22.6 Å². The fraction of sp³-hybridized carbons (Fsp3) is 0.0625. The van der Waals surface area contributed by atoms with E-state index < -0.39 is 0 Å². The molecular weight excluding hydrogens is 370 g/mol. The molecule has 0 spiro atoms. The summed E-state index contributed by atoms with van der Waals surface area (Å²) in [5, 5.41) is 5.24. The molecule has 0 aliphatic carbocycles. The third-order valence-electron chi connectivity index (χ3n) is 3.45. The molecule has 0 atom stereocenters. The Kier molecular flexibility index (Phi) is 4.42. The summed E-state index contributed by atoms with van der Waals surface area (Å²) in [5.41, 5.74) is 6.30. The number of nitrogens with zero attached hydrogens (tertiary/aromatic N) is 5. The largest absolute Gasteiger partial charge is 0.368 e.